The molecule has 1 heterocycles. The number of carbonyl (C=O) groups excluding carboxylic acids is 1. The van der Waals surface area contributed by atoms with Crippen LogP contribution in [0.5, 0.6) is 0 Å². The van der Waals surface area contributed by atoms with Crippen molar-refractivity contribution in [3.63, 3.8) is 0 Å². The second-order valence-electron chi connectivity index (χ2n) is 4.09. The summed E-state index contributed by atoms with van der Waals surface area (Å²) in [6, 6.07) is 5.27. The molecule has 0 aliphatic rings. The number of rotatable bonds is 5. The normalized spacial score (nSPS) is 11.9. The maximum atomic E-state index is 11.7. The molecule has 0 spiro atoms. The highest BCUT2D eigenvalue weighted by Gasteiger charge is 2.24. The molecule has 0 radical (unpaired) electrons. The summed E-state index contributed by atoms with van der Waals surface area (Å²) in [7, 11) is 0. The average molecular weight is 292 g/mol. The molecule has 0 amide bonds. The lowest BCUT2D eigenvalue weighted by Gasteiger charge is -2.09. The van der Waals surface area contributed by atoms with Crippen LogP contribution in [0.25, 0.3) is 0 Å². The molecule has 1 unspecified atom stereocenters. The summed E-state index contributed by atoms with van der Waals surface area (Å²) >= 11 is 0. The molecule has 8 nitrogen and oxygen atoms in total. The van der Waals surface area contributed by atoms with Crippen molar-refractivity contribution < 1.29 is 24.1 Å². The van der Waals surface area contributed by atoms with E-state index in [-0.39, 0.29) is 23.6 Å². The SMILES string of the molecule is CCOC(=O)c1conc1C(O)c1ccc([N+](=O)[O-])cc1. The first kappa shape index (κ1) is 14.7. The Kier molecular flexibility index (Phi) is 4.29. The largest absolute Gasteiger partial charge is 0.462 e. The van der Waals surface area contributed by atoms with Gasteiger partial charge in [0.15, 0.2) is 0 Å². The first-order valence-electron chi connectivity index (χ1n) is 6.08. The minimum absolute atomic E-state index is 0.00213. The van der Waals surface area contributed by atoms with Crippen LogP contribution in [0.4, 0.5) is 5.69 Å². The van der Waals surface area contributed by atoms with Gasteiger partial charge in [0.05, 0.1) is 11.5 Å². The number of aliphatic hydroxyl groups excluding tert-OH is 1. The Bertz CT molecular complexity index is 649. The maximum absolute atomic E-state index is 11.7. The summed E-state index contributed by atoms with van der Waals surface area (Å²) in [5.74, 6) is -0.658. The van der Waals surface area contributed by atoms with Crippen LogP contribution < -0.4 is 0 Å². The van der Waals surface area contributed by atoms with E-state index in [0.717, 1.165) is 6.26 Å². The van der Waals surface area contributed by atoms with Gasteiger partial charge in [0.1, 0.15) is 23.6 Å². The predicted molar refractivity (Wildman–Crippen MR) is 69.6 cm³/mol. The molecular formula is C13H12N2O6. The third kappa shape index (κ3) is 3.06. The molecule has 1 aromatic carbocycles. The van der Waals surface area contributed by atoms with Crippen molar-refractivity contribution in [2.24, 2.45) is 0 Å². The minimum atomic E-state index is -1.25. The van der Waals surface area contributed by atoms with Gasteiger partial charge >= 0.3 is 5.97 Å². The second-order valence-corrected chi connectivity index (χ2v) is 4.09. The van der Waals surface area contributed by atoms with Crippen LogP contribution in [-0.4, -0.2) is 27.8 Å². The summed E-state index contributed by atoms with van der Waals surface area (Å²) in [5, 5.41) is 24.4. The molecule has 2 rings (SSSR count). The quantitative estimate of drug-likeness (QED) is 0.507. The molecule has 0 saturated heterocycles. The smallest absolute Gasteiger partial charge is 0.343 e. The Labute approximate surface area is 119 Å². The molecule has 0 saturated carbocycles. The number of aliphatic hydroxyl groups is 1. The summed E-state index contributed by atoms with van der Waals surface area (Å²) in [4.78, 5) is 21.7. The van der Waals surface area contributed by atoms with E-state index in [0.29, 0.717) is 5.56 Å². The Morgan fingerprint density at radius 3 is 2.71 bits per heavy atom. The van der Waals surface area contributed by atoms with E-state index < -0.39 is 17.0 Å². The van der Waals surface area contributed by atoms with Gasteiger partial charge in [-0.1, -0.05) is 5.16 Å². The van der Waals surface area contributed by atoms with Gasteiger partial charge in [-0.05, 0) is 24.6 Å². The molecule has 0 bridgehead atoms. The predicted octanol–water partition coefficient (Wildman–Crippen LogP) is 1.84. The lowest BCUT2D eigenvalue weighted by Crippen LogP contribution is -2.10. The zero-order valence-corrected chi connectivity index (χ0v) is 11.1. The molecule has 8 heteroatoms. The number of nitrogens with zero attached hydrogens (tertiary/aromatic N) is 2. The number of nitro benzene ring substituents is 1. The molecular weight excluding hydrogens is 280 g/mol. The number of hydrogen-bond acceptors (Lipinski definition) is 7. The minimum Gasteiger partial charge on any atom is -0.462 e. The van der Waals surface area contributed by atoms with Gasteiger partial charge in [-0.3, -0.25) is 10.1 Å². The molecule has 1 aromatic heterocycles. The fourth-order valence-corrected chi connectivity index (χ4v) is 1.74. The number of aromatic nitrogens is 1. The van der Waals surface area contributed by atoms with Crippen molar-refractivity contribution in [2.45, 2.75) is 13.0 Å². The highest BCUT2D eigenvalue weighted by Crippen LogP contribution is 2.25. The molecule has 1 N–H and O–H groups in total. The molecule has 1 atom stereocenters. The Morgan fingerprint density at radius 2 is 2.14 bits per heavy atom. The van der Waals surface area contributed by atoms with E-state index in [1.807, 2.05) is 0 Å². The first-order valence-corrected chi connectivity index (χ1v) is 6.08. The number of benzene rings is 1. The lowest BCUT2D eigenvalue weighted by atomic mass is 10.0. The van der Waals surface area contributed by atoms with Gasteiger partial charge in [-0.2, -0.15) is 0 Å². The Hall–Kier alpha value is -2.74. The lowest BCUT2D eigenvalue weighted by molar-refractivity contribution is -0.384. The number of ether oxygens (including phenoxy) is 1. The van der Waals surface area contributed by atoms with Crippen LogP contribution in [-0.2, 0) is 4.74 Å². The second kappa shape index (κ2) is 6.14. The van der Waals surface area contributed by atoms with E-state index in [9.17, 15) is 20.0 Å². The Balaban J connectivity index is 2.28. The van der Waals surface area contributed by atoms with Crippen molar-refractivity contribution in [1.82, 2.24) is 5.16 Å². The van der Waals surface area contributed by atoms with E-state index in [2.05, 4.69) is 5.16 Å². The zero-order chi connectivity index (χ0) is 15.4. The van der Waals surface area contributed by atoms with Crippen LogP contribution in [0.3, 0.4) is 0 Å². The monoisotopic (exact) mass is 292 g/mol. The maximum Gasteiger partial charge on any atom is 0.343 e. The van der Waals surface area contributed by atoms with Crippen LogP contribution in [0.15, 0.2) is 35.1 Å². The number of esters is 1. The van der Waals surface area contributed by atoms with Gasteiger partial charge in [-0.25, -0.2) is 4.79 Å². The molecule has 110 valence electrons. The first-order chi connectivity index (χ1) is 10.0. The van der Waals surface area contributed by atoms with E-state index in [1.165, 1.54) is 24.3 Å². The van der Waals surface area contributed by atoms with Crippen molar-refractivity contribution >= 4 is 11.7 Å². The van der Waals surface area contributed by atoms with Gasteiger partial charge in [0.2, 0.25) is 0 Å². The summed E-state index contributed by atoms with van der Waals surface area (Å²) < 4.78 is 9.52. The standard InChI is InChI=1S/C13H12N2O6/c1-2-20-13(17)10-7-21-14-11(10)12(16)8-3-5-9(6-4-8)15(18)19/h3-7,12,16H,2H2,1H3. The molecule has 21 heavy (non-hydrogen) atoms. The van der Waals surface area contributed by atoms with Crippen LogP contribution in [0.1, 0.15) is 34.6 Å². The fourth-order valence-electron chi connectivity index (χ4n) is 1.74. The third-order valence-corrected chi connectivity index (χ3v) is 2.77. The Morgan fingerprint density at radius 1 is 1.48 bits per heavy atom. The highest BCUT2D eigenvalue weighted by molar-refractivity contribution is 5.90. The number of hydrogen-bond donors (Lipinski definition) is 1. The van der Waals surface area contributed by atoms with Gasteiger partial charge in [0.25, 0.3) is 5.69 Å². The summed E-state index contributed by atoms with van der Waals surface area (Å²) in [6.07, 6.45) is -0.161. The highest BCUT2D eigenvalue weighted by atomic mass is 16.6. The van der Waals surface area contributed by atoms with Crippen molar-refractivity contribution in [1.29, 1.82) is 0 Å². The number of non-ortho nitro benzene ring substituents is 1. The van der Waals surface area contributed by atoms with Crippen LogP contribution in [0, 0.1) is 10.1 Å². The van der Waals surface area contributed by atoms with Gasteiger partial charge in [0, 0.05) is 12.1 Å². The van der Waals surface area contributed by atoms with E-state index in [1.54, 1.807) is 6.92 Å². The molecule has 0 aliphatic heterocycles. The molecule has 0 aliphatic carbocycles. The van der Waals surface area contributed by atoms with E-state index >= 15 is 0 Å². The zero-order valence-electron chi connectivity index (χ0n) is 11.1. The van der Waals surface area contributed by atoms with Gasteiger partial charge in [-0.15, -0.1) is 0 Å². The topological polar surface area (TPSA) is 116 Å². The van der Waals surface area contributed by atoms with Crippen molar-refractivity contribution in [3.8, 4) is 0 Å². The van der Waals surface area contributed by atoms with Crippen molar-refractivity contribution in [2.75, 3.05) is 6.61 Å². The third-order valence-electron chi connectivity index (χ3n) is 2.77. The van der Waals surface area contributed by atoms with Gasteiger partial charge < -0.3 is 14.4 Å². The number of nitro groups is 1. The average Bonchev–Trinajstić information content (AvgIpc) is 2.96. The number of carbonyl (C=O) groups is 1. The summed E-state index contributed by atoms with van der Waals surface area (Å²) in [6.45, 7) is 1.83. The summed E-state index contributed by atoms with van der Waals surface area (Å²) in [5.41, 5.74) is 0.266. The molecule has 0 fully saturated rings. The molecule has 2 aromatic rings. The van der Waals surface area contributed by atoms with Crippen molar-refractivity contribution in [3.05, 3.63) is 57.5 Å². The van der Waals surface area contributed by atoms with Crippen LogP contribution in [0.2, 0.25) is 0 Å². The fraction of sp³-hybridized carbons (Fsp3) is 0.231. The van der Waals surface area contributed by atoms with E-state index in [4.69, 9.17) is 9.26 Å². The van der Waals surface area contributed by atoms with Crippen LogP contribution >= 0.6 is 0 Å².